The van der Waals surface area contributed by atoms with Crippen LogP contribution in [0.4, 0.5) is 0 Å². The first-order valence-electron chi connectivity index (χ1n) is 7.74. The molecule has 0 radical (unpaired) electrons. The van der Waals surface area contributed by atoms with Crippen molar-refractivity contribution < 1.29 is 9.84 Å². The molecule has 3 nitrogen and oxygen atoms in total. The van der Waals surface area contributed by atoms with E-state index < -0.39 is 11.0 Å². The third kappa shape index (κ3) is 2.66. The first-order valence-corrected chi connectivity index (χ1v) is 7.74. The van der Waals surface area contributed by atoms with Crippen LogP contribution < -0.4 is 0 Å². The molecule has 1 aliphatic heterocycles. The van der Waals surface area contributed by atoms with Crippen LogP contribution in [0.1, 0.15) is 65.7 Å². The van der Waals surface area contributed by atoms with Crippen LogP contribution in [0.2, 0.25) is 0 Å². The molecule has 4 atom stereocenters. The van der Waals surface area contributed by atoms with Crippen LogP contribution >= 0.6 is 0 Å². The SMILES string of the molecule is CCC1CCCC(C#N)(C2(O)CC(C)OC(C)C2)C1. The van der Waals surface area contributed by atoms with Crippen LogP contribution in [0.15, 0.2) is 0 Å². The molecule has 1 heterocycles. The van der Waals surface area contributed by atoms with Crippen molar-refractivity contribution >= 4 is 0 Å². The molecule has 0 spiro atoms. The molecule has 0 aromatic rings. The molecule has 1 N–H and O–H groups in total. The summed E-state index contributed by atoms with van der Waals surface area (Å²) in [7, 11) is 0. The molecule has 4 unspecified atom stereocenters. The monoisotopic (exact) mass is 265 g/mol. The van der Waals surface area contributed by atoms with E-state index in [1.807, 2.05) is 13.8 Å². The van der Waals surface area contributed by atoms with Gasteiger partial charge in [-0.2, -0.15) is 5.26 Å². The predicted octanol–water partition coefficient (Wildman–Crippen LogP) is 3.42. The second kappa shape index (κ2) is 5.42. The van der Waals surface area contributed by atoms with Crippen LogP contribution in [-0.4, -0.2) is 22.9 Å². The summed E-state index contributed by atoms with van der Waals surface area (Å²) in [6.07, 6.45) is 6.37. The van der Waals surface area contributed by atoms with Crippen LogP contribution in [-0.2, 0) is 4.74 Å². The van der Waals surface area contributed by atoms with Gasteiger partial charge >= 0.3 is 0 Å². The minimum atomic E-state index is -0.868. The maximum Gasteiger partial charge on any atom is 0.0882 e. The van der Waals surface area contributed by atoms with Gasteiger partial charge in [-0.25, -0.2) is 0 Å². The molecule has 2 fully saturated rings. The zero-order valence-corrected chi connectivity index (χ0v) is 12.5. The van der Waals surface area contributed by atoms with Crippen LogP contribution in [0.3, 0.4) is 0 Å². The highest BCUT2D eigenvalue weighted by Gasteiger charge is 2.55. The highest BCUT2D eigenvalue weighted by Crippen LogP contribution is 2.52. The fourth-order valence-electron chi connectivity index (χ4n) is 4.28. The van der Waals surface area contributed by atoms with E-state index >= 15 is 0 Å². The average molecular weight is 265 g/mol. The van der Waals surface area contributed by atoms with E-state index in [-0.39, 0.29) is 12.2 Å². The van der Waals surface area contributed by atoms with E-state index in [2.05, 4.69) is 13.0 Å². The third-order valence-corrected chi connectivity index (χ3v) is 5.25. The normalized spacial score (nSPS) is 47.6. The topological polar surface area (TPSA) is 53.2 Å². The van der Waals surface area contributed by atoms with Crippen LogP contribution in [0.25, 0.3) is 0 Å². The molecule has 2 rings (SSSR count). The molecule has 19 heavy (non-hydrogen) atoms. The molecular weight excluding hydrogens is 238 g/mol. The molecule has 2 aliphatic rings. The molecular formula is C16H27NO2. The van der Waals surface area contributed by atoms with Crippen molar-refractivity contribution in [2.24, 2.45) is 11.3 Å². The number of rotatable bonds is 2. The zero-order valence-electron chi connectivity index (χ0n) is 12.5. The minimum absolute atomic E-state index is 0.0426. The van der Waals surface area contributed by atoms with Gasteiger partial charge in [-0.1, -0.05) is 26.2 Å². The second-order valence-electron chi connectivity index (χ2n) is 6.76. The van der Waals surface area contributed by atoms with E-state index in [0.29, 0.717) is 18.8 Å². The molecule has 1 aliphatic carbocycles. The first kappa shape index (κ1) is 14.8. The van der Waals surface area contributed by atoms with E-state index in [9.17, 15) is 10.4 Å². The predicted molar refractivity (Wildman–Crippen MR) is 74.5 cm³/mol. The summed E-state index contributed by atoms with van der Waals surface area (Å²) in [5, 5.41) is 21.0. The Morgan fingerprint density at radius 1 is 1.26 bits per heavy atom. The molecule has 0 bridgehead atoms. The van der Waals surface area contributed by atoms with Gasteiger partial charge in [0.05, 0.1) is 29.3 Å². The van der Waals surface area contributed by atoms with Gasteiger partial charge in [-0.15, -0.1) is 0 Å². The maximum atomic E-state index is 11.2. The van der Waals surface area contributed by atoms with Crippen molar-refractivity contribution in [2.45, 2.75) is 83.5 Å². The zero-order chi connectivity index (χ0) is 14.1. The Labute approximate surface area is 117 Å². The summed E-state index contributed by atoms with van der Waals surface area (Å²) < 4.78 is 5.75. The van der Waals surface area contributed by atoms with Gasteiger partial charge in [0.25, 0.3) is 0 Å². The third-order valence-electron chi connectivity index (χ3n) is 5.25. The summed E-state index contributed by atoms with van der Waals surface area (Å²) in [6.45, 7) is 6.20. The molecule has 0 amide bonds. The van der Waals surface area contributed by atoms with Gasteiger partial charge < -0.3 is 9.84 Å². The van der Waals surface area contributed by atoms with Crippen LogP contribution in [0, 0.1) is 22.7 Å². The molecule has 1 saturated heterocycles. The highest BCUT2D eigenvalue weighted by atomic mass is 16.5. The molecule has 108 valence electrons. The Kier molecular flexibility index (Phi) is 4.23. The second-order valence-corrected chi connectivity index (χ2v) is 6.76. The van der Waals surface area contributed by atoms with Crippen molar-refractivity contribution in [3.8, 4) is 6.07 Å². The summed E-state index contributed by atoms with van der Waals surface area (Å²) in [6, 6.07) is 2.53. The van der Waals surface area contributed by atoms with Gasteiger partial charge in [0, 0.05) is 12.8 Å². The quantitative estimate of drug-likeness (QED) is 0.832. The number of ether oxygens (including phenoxy) is 1. The van der Waals surface area contributed by atoms with Crippen molar-refractivity contribution in [1.29, 1.82) is 5.26 Å². The Morgan fingerprint density at radius 2 is 1.89 bits per heavy atom. The Bertz CT molecular complexity index is 352. The van der Waals surface area contributed by atoms with E-state index in [0.717, 1.165) is 25.7 Å². The van der Waals surface area contributed by atoms with Crippen molar-refractivity contribution in [1.82, 2.24) is 0 Å². The Morgan fingerprint density at radius 3 is 2.42 bits per heavy atom. The van der Waals surface area contributed by atoms with Gasteiger partial charge in [-0.05, 0) is 32.6 Å². The lowest BCUT2D eigenvalue weighted by atomic mass is 9.57. The van der Waals surface area contributed by atoms with Gasteiger partial charge in [0.1, 0.15) is 0 Å². The van der Waals surface area contributed by atoms with E-state index in [1.54, 1.807) is 0 Å². The lowest BCUT2D eigenvalue weighted by Crippen LogP contribution is -2.56. The smallest absolute Gasteiger partial charge is 0.0882 e. The van der Waals surface area contributed by atoms with Gasteiger partial charge in [0.2, 0.25) is 0 Å². The first-order chi connectivity index (χ1) is 8.94. The Balaban J connectivity index is 2.26. The molecule has 0 aromatic carbocycles. The highest BCUT2D eigenvalue weighted by molar-refractivity contribution is 5.15. The molecule has 1 saturated carbocycles. The summed E-state index contributed by atoms with van der Waals surface area (Å²) in [5.41, 5.74) is -1.43. The number of nitriles is 1. The molecule has 3 heteroatoms. The number of aliphatic hydroxyl groups is 1. The van der Waals surface area contributed by atoms with E-state index in [1.165, 1.54) is 6.42 Å². The van der Waals surface area contributed by atoms with Crippen molar-refractivity contribution in [3.05, 3.63) is 0 Å². The summed E-state index contributed by atoms with van der Waals surface area (Å²) >= 11 is 0. The van der Waals surface area contributed by atoms with Crippen LogP contribution in [0.5, 0.6) is 0 Å². The van der Waals surface area contributed by atoms with Crippen molar-refractivity contribution in [2.75, 3.05) is 0 Å². The largest absolute Gasteiger partial charge is 0.388 e. The molecule has 0 aromatic heterocycles. The summed E-state index contributed by atoms with van der Waals surface area (Å²) in [4.78, 5) is 0. The van der Waals surface area contributed by atoms with E-state index in [4.69, 9.17) is 4.74 Å². The lowest BCUT2D eigenvalue weighted by Gasteiger charge is -2.51. The average Bonchev–Trinajstić information content (AvgIpc) is 2.37. The van der Waals surface area contributed by atoms with Crippen molar-refractivity contribution in [3.63, 3.8) is 0 Å². The van der Waals surface area contributed by atoms with Gasteiger partial charge in [-0.3, -0.25) is 0 Å². The fourth-order valence-corrected chi connectivity index (χ4v) is 4.28. The number of nitrogens with zero attached hydrogens (tertiary/aromatic N) is 1. The Hall–Kier alpha value is -0.590. The maximum absolute atomic E-state index is 11.2. The minimum Gasteiger partial charge on any atom is -0.388 e. The standard InChI is InChI=1S/C16H27NO2/c1-4-14-6-5-7-15(10-14,11-17)16(18)8-12(2)19-13(3)9-16/h12-14,18H,4-10H2,1-3H3. The fraction of sp³-hybridized carbons (Fsp3) is 0.938. The number of hydrogen-bond acceptors (Lipinski definition) is 3. The van der Waals surface area contributed by atoms with Gasteiger partial charge in [0.15, 0.2) is 0 Å². The summed E-state index contributed by atoms with van der Waals surface area (Å²) in [5.74, 6) is 0.589. The lowest BCUT2D eigenvalue weighted by molar-refractivity contribution is -0.183. The number of hydrogen-bond donors (Lipinski definition) is 1.